The number of ether oxygens (including phenoxy) is 1. The van der Waals surface area contributed by atoms with Crippen molar-refractivity contribution in [1.82, 2.24) is 19.9 Å². The molecule has 0 spiro atoms. The highest BCUT2D eigenvalue weighted by atomic mass is 32.1. The molecule has 0 saturated carbocycles. The van der Waals surface area contributed by atoms with Gasteiger partial charge in [-0.3, -0.25) is 0 Å². The summed E-state index contributed by atoms with van der Waals surface area (Å²) in [7, 11) is 0. The van der Waals surface area contributed by atoms with Crippen molar-refractivity contribution < 1.29 is 4.74 Å². The van der Waals surface area contributed by atoms with Crippen LogP contribution in [0.1, 0.15) is 16.2 Å². The largest absolute Gasteiger partial charge is 0.381 e. The summed E-state index contributed by atoms with van der Waals surface area (Å²) in [4.78, 5) is 19.6. The molecule has 146 valence electrons. The van der Waals surface area contributed by atoms with Crippen LogP contribution < -0.4 is 10.6 Å². The van der Waals surface area contributed by atoms with Crippen molar-refractivity contribution in [2.24, 2.45) is 0 Å². The second-order valence-corrected chi connectivity index (χ2v) is 9.67. The fraction of sp³-hybridized carbons (Fsp3) is 0.294. The molecule has 0 aliphatic carbocycles. The summed E-state index contributed by atoms with van der Waals surface area (Å²) < 4.78 is 5.77. The Morgan fingerprint density at radius 1 is 0.714 bits per heavy atom. The van der Waals surface area contributed by atoms with E-state index in [1.807, 2.05) is 23.2 Å². The number of hydrogen-bond donors (Lipinski definition) is 2. The topological polar surface area (TPSA) is 84.9 Å². The number of nitrogens with zero attached hydrogens (tertiary/aromatic N) is 4. The van der Waals surface area contributed by atoms with E-state index in [4.69, 9.17) is 4.74 Å². The van der Waals surface area contributed by atoms with Crippen LogP contribution in [0.2, 0.25) is 0 Å². The van der Waals surface area contributed by atoms with Crippen LogP contribution in [0.5, 0.6) is 0 Å². The van der Waals surface area contributed by atoms with Gasteiger partial charge in [-0.2, -0.15) is 0 Å². The van der Waals surface area contributed by atoms with Gasteiger partial charge >= 0.3 is 0 Å². The molecular weight excluding hydrogens is 432 g/mol. The maximum absolute atomic E-state index is 5.77. The Kier molecular flexibility index (Phi) is 6.95. The van der Waals surface area contributed by atoms with Crippen LogP contribution in [0.3, 0.4) is 0 Å². The molecule has 4 rings (SSSR count). The van der Waals surface area contributed by atoms with Gasteiger partial charge in [0.25, 0.3) is 0 Å². The predicted molar refractivity (Wildman–Crippen MR) is 118 cm³/mol. The highest BCUT2D eigenvalue weighted by Gasteiger charge is 2.05. The standard InChI is InChI=1S/C17H18N6OS4/c1(2-12-10-20-16(27-12)22-14-18-4-8-25-14)6-24-7-3-13-11-21-17(28-13)23-15-19-5-9-26-15/h4-5,8-11H,1-3,6-7H2,(H,18,20,22)(H,19,21,23). The molecule has 7 nitrogen and oxygen atoms in total. The lowest BCUT2D eigenvalue weighted by molar-refractivity contribution is 0.135. The molecule has 0 radical (unpaired) electrons. The van der Waals surface area contributed by atoms with Gasteiger partial charge in [-0.1, -0.05) is 0 Å². The molecule has 0 atom stereocenters. The number of anilines is 4. The summed E-state index contributed by atoms with van der Waals surface area (Å²) in [6.45, 7) is 1.45. The van der Waals surface area contributed by atoms with E-state index in [1.165, 1.54) is 9.75 Å². The highest BCUT2D eigenvalue weighted by Crippen LogP contribution is 2.25. The van der Waals surface area contributed by atoms with Gasteiger partial charge in [0.2, 0.25) is 0 Å². The van der Waals surface area contributed by atoms with Gasteiger partial charge in [0.1, 0.15) is 0 Å². The van der Waals surface area contributed by atoms with Gasteiger partial charge in [-0.15, -0.1) is 45.3 Å². The number of nitrogens with one attached hydrogen (secondary N) is 2. The normalized spacial score (nSPS) is 11.0. The summed E-state index contributed by atoms with van der Waals surface area (Å²) in [5.41, 5.74) is 0. The average Bonchev–Trinajstić information content (AvgIpc) is 3.48. The molecule has 4 heterocycles. The van der Waals surface area contributed by atoms with E-state index >= 15 is 0 Å². The summed E-state index contributed by atoms with van der Waals surface area (Å²) in [6.07, 6.45) is 10.2. The third-order valence-electron chi connectivity index (χ3n) is 3.60. The first-order valence-corrected chi connectivity index (χ1v) is 12.0. The van der Waals surface area contributed by atoms with E-state index in [-0.39, 0.29) is 0 Å². The van der Waals surface area contributed by atoms with Crippen molar-refractivity contribution in [3.63, 3.8) is 0 Å². The second kappa shape index (κ2) is 10.0. The van der Waals surface area contributed by atoms with Crippen molar-refractivity contribution in [3.8, 4) is 0 Å². The first kappa shape index (κ1) is 19.4. The summed E-state index contributed by atoms with van der Waals surface area (Å²) in [5, 5.41) is 13.8. The van der Waals surface area contributed by atoms with Crippen LogP contribution in [0, 0.1) is 0 Å². The third kappa shape index (κ3) is 5.79. The minimum Gasteiger partial charge on any atom is -0.381 e. The van der Waals surface area contributed by atoms with Crippen LogP contribution in [0.4, 0.5) is 20.5 Å². The highest BCUT2D eigenvalue weighted by molar-refractivity contribution is 7.17. The van der Waals surface area contributed by atoms with E-state index in [2.05, 4.69) is 30.6 Å². The van der Waals surface area contributed by atoms with Crippen LogP contribution >= 0.6 is 45.3 Å². The van der Waals surface area contributed by atoms with E-state index in [9.17, 15) is 0 Å². The zero-order chi connectivity index (χ0) is 19.0. The molecular formula is C17H18N6OS4. The average molecular weight is 451 g/mol. The molecule has 4 aromatic rings. The van der Waals surface area contributed by atoms with E-state index in [1.54, 1.807) is 57.7 Å². The fourth-order valence-electron chi connectivity index (χ4n) is 2.34. The van der Waals surface area contributed by atoms with Gasteiger partial charge in [0, 0.05) is 58.3 Å². The Labute approximate surface area is 178 Å². The molecule has 0 bridgehead atoms. The third-order valence-corrected chi connectivity index (χ3v) is 6.93. The van der Waals surface area contributed by atoms with Crippen LogP contribution in [-0.4, -0.2) is 33.1 Å². The minimum atomic E-state index is 0.707. The molecule has 28 heavy (non-hydrogen) atoms. The molecule has 0 aliphatic heterocycles. The number of rotatable bonds is 11. The molecule has 4 aromatic heterocycles. The van der Waals surface area contributed by atoms with Crippen molar-refractivity contribution in [1.29, 1.82) is 0 Å². The van der Waals surface area contributed by atoms with Gasteiger partial charge in [0.15, 0.2) is 20.5 Å². The lowest BCUT2D eigenvalue weighted by atomic mass is 10.3. The van der Waals surface area contributed by atoms with Gasteiger partial charge in [-0.05, 0) is 12.8 Å². The van der Waals surface area contributed by atoms with E-state index in [0.717, 1.165) is 46.4 Å². The van der Waals surface area contributed by atoms with E-state index in [0.29, 0.717) is 6.61 Å². The maximum atomic E-state index is 5.77. The summed E-state index contributed by atoms with van der Waals surface area (Å²) in [5.74, 6) is 0. The molecule has 0 aliphatic rings. The molecule has 0 aromatic carbocycles. The first-order chi connectivity index (χ1) is 13.8. The van der Waals surface area contributed by atoms with Crippen molar-refractivity contribution in [2.75, 3.05) is 23.8 Å². The first-order valence-electron chi connectivity index (χ1n) is 8.65. The predicted octanol–water partition coefficient (Wildman–Crippen LogP) is 5.19. The van der Waals surface area contributed by atoms with Gasteiger partial charge in [0.05, 0.1) is 6.61 Å². The number of aryl methyl sites for hydroxylation is 1. The maximum Gasteiger partial charge on any atom is 0.189 e. The Morgan fingerprint density at radius 2 is 1.32 bits per heavy atom. The van der Waals surface area contributed by atoms with E-state index < -0.39 is 0 Å². The molecule has 0 unspecified atom stereocenters. The zero-order valence-corrected chi connectivity index (χ0v) is 18.1. The van der Waals surface area contributed by atoms with Crippen molar-refractivity contribution in [3.05, 3.63) is 45.3 Å². The Hall–Kier alpha value is -1.92. The fourth-order valence-corrected chi connectivity index (χ4v) is 5.17. The van der Waals surface area contributed by atoms with Crippen LogP contribution in [0.15, 0.2) is 35.5 Å². The van der Waals surface area contributed by atoms with Crippen molar-refractivity contribution >= 4 is 65.9 Å². The quantitative estimate of drug-likeness (QED) is 0.304. The molecule has 2 N–H and O–H groups in total. The molecule has 11 heteroatoms. The smallest absolute Gasteiger partial charge is 0.189 e. The Morgan fingerprint density at radius 3 is 1.89 bits per heavy atom. The minimum absolute atomic E-state index is 0.707. The number of hydrogen-bond acceptors (Lipinski definition) is 11. The SMILES string of the molecule is c1csc(Nc2ncc(CCCOCCc3cnc(Nc4nccs4)s3)s2)n1. The van der Waals surface area contributed by atoms with Crippen molar-refractivity contribution in [2.45, 2.75) is 19.3 Å². The second-order valence-electron chi connectivity index (χ2n) is 5.65. The summed E-state index contributed by atoms with van der Waals surface area (Å²) >= 11 is 6.44. The van der Waals surface area contributed by atoms with Crippen LogP contribution in [0.25, 0.3) is 0 Å². The molecule has 0 fully saturated rings. The van der Waals surface area contributed by atoms with Gasteiger partial charge < -0.3 is 15.4 Å². The van der Waals surface area contributed by atoms with Crippen LogP contribution in [-0.2, 0) is 17.6 Å². The lowest BCUT2D eigenvalue weighted by Crippen LogP contribution is -2.00. The number of aromatic nitrogens is 4. The van der Waals surface area contributed by atoms with Gasteiger partial charge in [-0.25, -0.2) is 19.9 Å². The Balaban J connectivity index is 1.10. The lowest BCUT2D eigenvalue weighted by Gasteiger charge is -2.02. The summed E-state index contributed by atoms with van der Waals surface area (Å²) in [6, 6.07) is 0. The Bertz CT molecular complexity index is 872. The zero-order valence-electron chi connectivity index (χ0n) is 14.8. The number of thiazole rings is 4. The molecule has 0 amide bonds. The monoisotopic (exact) mass is 450 g/mol. The molecule has 0 saturated heterocycles.